The van der Waals surface area contributed by atoms with Gasteiger partial charge < -0.3 is 0 Å². The second-order valence-corrected chi connectivity index (χ2v) is 4.47. The molecule has 2 aromatic rings. The standard InChI is InChI=1S/C13H11BrN2O/c1-2-6-16-12(9-17)8-13(15-16)10-4-3-5-11(14)7-10/h2-5,7-9H,1,6H2. The van der Waals surface area contributed by atoms with Crippen LogP contribution in [0.15, 0.2) is 47.5 Å². The molecule has 1 aromatic carbocycles. The maximum atomic E-state index is 10.9. The monoisotopic (exact) mass is 290 g/mol. The van der Waals surface area contributed by atoms with Gasteiger partial charge in [0.15, 0.2) is 6.29 Å². The second-order valence-electron chi connectivity index (χ2n) is 3.55. The van der Waals surface area contributed by atoms with Gasteiger partial charge in [0.2, 0.25) is 0 Å². The molecule has 0 aliphatic heterocycles. The molecule has 0 fully saturated rings. The van der Waals surface area contributed by atoms with Crippen LogP contribution in [0.25, 0.3) is 11.3 Å². The summed E-state index contributed by atoms with van der Waals surface area (Å²) in [6.07, 6.45) is 2.52. The molecule has 3 nitrogen and oxygen atoms in total. The average Bonchev–Trinajstić information content (AvgIpc) is 2.73. The molecule has 0 aliphatic carbocycles. The van der Waals surface area contributed by atoms with Crippen molar-refractivity contribution in [1.82, 2.24) is 9.78 Å². The minimum atomic E-state index is 0.530. The maximum absolute atomic E-state index is 10.9. The Kier molecular flexibility index (Phi) is 3.54. The number of aromatic nitrogens is 2. The summed E-state index contributed by atoms with van der Waals surface area (Å²) >= 11 is 3.41. The van der Waals surface area contributed by atoms with E-state index in [-0.39, 0.29) is 0 Å². The third kappa shape index (κ3) is 2.53. The average molecular weight is 291 g/mol. The van der Waals surface area contributed by atoms with Crippen LogP contribution in [-0.2, 0) is 6.54 Å². The number of hydrogen-bond donors (Lipinski definition) is 0. The van der Waals surface area contributed by atoms with Gasteiger partial charge in [-0.25, -0.2) is 0 Å². The molecule has 0 saturated heterocycles. The SMILES string of the molecule is C=CCn1nc(-c2cccc(Br)c2)cc1C=O. The van der Waals surface area contributed by atoms with Crippen LogP contribution in [0.5, 0.6) is 0 Å². The van der Waals surface area contributed by atoms with Gasteiger partial charge in [-0.15, -0.1) is 6.58 Å². The Hall–Kier alpha value is -1.68. The molecular formula is C13H11BrN2O. The number of carbonyl (C=O) groups excluding carboxylic acids is 1. The Morgan fingerprint density at radius 3 is 2.88 bits per heavy atom. The molecule has 0 aliphatic rings. The molecular weight excluding hydrogens is 280 g/mol. The molecule has 1 aromatic heterocycles. The van der Waals surface area contributed by atoms with Crippen molar-refractivity contribution >= 4 is 22.2 Å². The van der Waals surface area contributed by atoms with Crippen molar-refractivity contribution < 1.29 is 4.79 Å². The Balaban J connectivity index is 2.46. The van der Waals surface area contributed by atoms with E-state index >= 15 is 0 Å². The summed E-state index contributed by atoms with van der Waals surface area (Å²) in [5, 5.41) is 4.38. The highest BCUT2D eigenvalue weighted by atomic mass is 79.9. The van der Waals surface area contributed by atoms with Crippen molar-refractivity contribution in [2.24, 2.45) is 0 Å². The Morgan fingerprint density at radius 2 is 2.24 bits per heavy atom. The van der Waals surface area contributed by atoms with Crippen LogP contribution in [-0.4, -0.2) is 16.1 Å². The van der Waals surface area contributed by atoms with Crippen LogP contribution in [0.1, 0.15) is 10.5 Å². The molecule has 86 valence electrons. The smallest absolute Gasteiger partial charge is 0.168 e. The fourth-order valence-electron chi connectivity index (χ4n) is 1.58. The lowest BCUT2D eigenvalue weighted by molar-refractivity contribution is 0.111. The second kappa shape index (κ2) is 5.10. The van der Waals surface area contributed by atoms with E-state index in [4.69, 9.17) is 0 Å². The molecule has 4 heteroatoms. The van der Waals surface area contributed by atoms with Gasteiger partial charge in [-0.05, 0) is 18.2 Å². The summed E-state index contributed by atoms with van der Waals surface area (Å²) in [4.78, 5) is 10.9. The van der Waals surface area contributed by atoms with Crippen molar-refractivity contribution in [3.8, 4) is 11.3 Å². The minimum absolute atomic E-state index is 0.530. The van der Waals surface area contributed by atoms with Crippen LogP contribution in [0.2, 0.25) is 0 Å². The normalized spacial score (nSPS) is 10.2. The van der Waals surface area contributed by atoms with E-state index in [0.717, 1.165) is 22.0 Å². The van der Waals surface area contributed by atoms with Crippen molar-refractivity contribution in [3.05, 3.63) is 53.2 Å². The number of hydrogen-bond acceptors (Lipinski definition) is 2. The number of benzene rings is 1. The van der Waals surface area contributed by atoms with E-state index in [0.29, 0.717) is 12.2 Å². The fraction of sp³-hybridized carbons (Fsp3) is 0.0769. The number of halogens is 1. The zero-order valence-electron chi connectivity index (χ0n) is 9.14. The molecule has 0 radical (unpaired) electrons. The third-order valence-electron chi connectivity index (χ3n) is 2.35. The summed E-state index contributed by atoms with van der Waals surface area (Å²) in [5.41, 5.74) is 2.32. The van der Waals surface area contributed by atoms with Crippen LogP contribution >= 0.6 is 15.9 Å². The third-order valence-corrected chi connectivity index (χ3v) is 2.85. The number of aldehydes is 1. The van der Waals surface area contributed by atoms with Crippen LogP contribution in [0.3, 0.4) is 0 Å². The summed E-state index contributed by atoms with van der Waals surface area (Å²) < 4.78 is 2.62. The number of nitrogens with zero attached hydrogens (tertiary/aromatic N) is 2. The highest BCUT2D eigenvalue weighted by Gasteiger charge is 2.08. The molecule has 0 amide bonds. The van der Waals surface area contributed by atoms with E-state index in [1.807, 2.05) is 24.3 Å². The van der Waals surface area contributed by atoms with Crippen molar-refractivity contribution in [2.45, 2.75) is 6.54 Å². The number of rotatable bonds is 4. The van der Waals surface area contributed by atoms with Gasteiger partial charge in [0.25, 0.3) is 0 Å². The lowest BCUT2D eigenvalue weighted by Crippen LogP contribution is -2.01. The predicted molar refractivity (Wildman–Crippen MR) is 70.9 cm³/mol. The summed E-state index contributed by atoms with van der Waals surface area (Å²) in [6, 6.07) is 9.59. The first-order valence-electron chi connectivity index (χ1n) is 5.14. The Bertz CT molecular complexity index is 560. The highest BCUT2D eigenvalue weighted by molar-refractivity contribution is 9.10. The van der Waals surface area contributed by atoms with E-state index in [9.17, 15) is 4.79 Å². The molecule has 2 rings (SSSR count). The Morgan fingerprint density at radius 1 is 1.41 bits per heavy atom. The molecule has 0 atom stereocenters. The molecule has 17 heavy (non-hydrogen) atoms. The van der Waals surface area contributed by atoms with Crippen LogP contribution in [0, 0.1) is 0 Å². The van der Waals surface area contributed by atoms with Gasteiger partial charge in [0.1, 0.15) is 5.69 Å². The van der Waals surface area contributed by atoms with Gasteiger partial charge in [-0.3, -0.25) is 9.48 Å². The van der Waals surface area contributed by atoms with E-state index in [2.05, 4.69) is 27.6 Å². The minimum Gasteiger partial charge on any atom is -0.296 e. The highest BCUT2D eigenvalue weighted by Crippen LogP contribution is 2.22. The lowest BCUT2D eigenvalue weighted by atomic mass is 10.1. The molecule has 0 N–H and O–H groups in total. The van der Waals surface area contributed by atoms with Crippen molar-refractivity contribution in [2.75, 3.05) is 0 Å². The molecule has 0 spiro atoms. The first kappa shape index (κ1) is 11.8. The van der Waals surface area contributed by atoms with E-state index in [1.54, 1.807) is 16.8 Å². The predicted octanol–water partition coefficient (Wildman–Crippen LogP) is 3.31. The van der Waals surface area contributed by atoms with Gasteiger partial charge in [-0.2, -0.15) is 5.10 Å². The molecule has 0 saturated carbocycles. The van der Waals surface area contributed by atoms with Crippen LogP contribution in [0.4, 0.5) is 0 Å². The van der Waals surface area contributed by atoms with E-state index < -0.39 is 0 Å². The van der Waals surface area contributed by atoms with Gasteiger partial charge in [0, 0.05) is 10.0 Å². The molecule has 1 heterocycles. The summed E-state index contributed by atoms with van der Waals surface area (Å²) in [6.45, 7) is 4.17. The van der Waals surface area contributed by atoms with Gasteiger partial charge in [0.05, 0.1) is 12.2 Å². The van der Waals surface area contributed by atoms with Crippen molar-refractivity contribution in [3.63, 3.8) is 0 Å². The lowest BCUT2D eigenvalue weighted by Gasteiger charge is -1.98. The van der Waals surface area contributed by atoms with Gasteiger partial charge in [-0.1, -0.05) is 34.1 Å². The zero-order valence-corrected chi connectivity index (χ0v) is 10.7. The first-order valence-corrected chi connectivity index (χ1v) is 5.94. The fourth-order valence-corrected chi connectivity index (χ4v) is 1.98. The number of carbonyl (C=O) groups is 1. The topological polar surface area (TPSA) is 34.9 Å². The molecule has 0 bridgehead atoms. The maximum Gasteiger partial charge on any atom is 0.168 e. The summed E-state index contributed by atoms with van der Waals surface area (Å²) in [7, 11) is 0. The van der Waals surface area contributed by atoms with Crippen LogP contribution < -0.4 is 0 Å². The quantitative estimate of drug-likeness (QED) is 0.640. The van der Waals surface area contributed by atoms with E-state index in [1.165, 1.54) is 0 Å². The molecule has 0 unspecified atom stereocenters. The zero-order chi connectivity index (χ0) is 12.3. The summed E-state index contributed by atoms with van der Waals surface area (Å²) in [5.74, 6) is 0. The number of allylic oxidation sites excluding steroid dienone is 1. The van der Waals surface area contributed by atoms with Crippen molar-refractivity contribution in [1.29, 1.82) is 0 Å². The van der Waals surface area contributed by atoms with Gasteiger partial charge >= 0.3 is 0 Å². The Labute approximate surface area is 108 Å². The first-order chi connectivity index (χ1) is 8.24. The largest absolute Gasteiger partial charge is 0.296 e.